The molecule has 4 heteroatoms. The molecular weight excluding hydrogens is 284 g/mol. The van der Waals surface area contributed by atoms with Gasteiger partial charge in [0.15, 0.2) is 0 Å². The number of halogens is 1. The Kier molecular flexibility index (Phi) is 3.84. The molecule has 0 fully saturated rings. The lowest BCUT2D eigenvalue weighted by Crippen LogP contribution is -2.23. The summed E-state index contributed by atoms with van der Waals surface area (Å²) in [4.78, 5) is 16.6. The summed E-state index contributed by atoms with van der Waals surface area (Å²) in [6.45, 7) is 0.480. The van der Waals surface area contributed by atoms with Crippen molar-refractivity contribution in [1.29, 1.82) is 0 Å². The highest BCUT2D eigenvalue weighted by atomic mass is 35.5. The molecule has 104 valence electrons. The largest absolute Gasteiger partial charge is 0.348 e. The third kappa shape index (κ3) is 3.03. The zero-order valence-corrected chi connectivity index (χ0v) is 12.0. The maximum absolute atomic E-state index is 12.4. The molecule has 2 aromatic carbocycles. The van der Waals surface area contributed by atoms with Gasteiger partial charge in [0.1, 0.15) is 5.15 Å². The third-order valence-electron chi connectivity index (χ3n) is 3.23. The molecule has 3 nitrogen and oxygen atoms in total. The molecule has 0 aliphatic carbocycles. The number of aromatic nitrogens is 1. The van der Waals surface area contributed by atoms with Gasteiger partial charge >= 0.3 is 0 Å². The number of amides is 1. The summed E-state index contributed by atoms with van der Waals surface area (Å²) in [5.41, 5.74) is 2.31. The maximum Gasteiger partial charge on any atom is 0.252 e. The lowest BCUT2D eigenvalue weighted by Gasteiger charge is -2.08. The Morgan fingerprint density at radius 3 is 2.57 bits per heavy atom. The zero-order chi connectivity index (χ0) is 14.7. The molecular formula is C17H13ClN2O. The lowest BCUT2D eigenvalue weighted by atomic mass is 10.1. The maximum atomic E-state index is 12.4. The minimum atomic E-state index is -0.153. The first kappa shape index (κ1) is 13.6. The number of carbonyl (C=O) groups is 1. The predicted molar refractivity (Wildman–Crippen MR) is 84.4 cm³/mol. The molecule has 21 heavy (non-hydrogen) atoms. The highest BCUT2D eigenvalue weighted by Crippen LogP contribution is 2.20. The number of para-hydroxylation sites is 1. The quantitative estimate of drug-likeness (QED) is 0.747. The second-order valence-electron chi connectivity index (χ2n) is 4.68. The van der Waals surface area contributed by atoms with Gasteiger partial charge in [-0.3, -0.25) is 4.79 Å². The molecule has 0 aliphatic rings. The molecule has 1 aromatic heterocycles. The van der Waals surface area contributed by atoms with E-state index in [1.165, 1.54) is 0 Å². The highest BCUT2D eigenvalue weighted by molar-refractivity contribution is 6.30. The van der Waals surface area contributed by atoms with Crippen LogP contribution in [0.1, 0.15) is 15.9 Å². The zero-order valence-electron chi connectivity index (χ0n) is 11.2. The van der Waals surface area contributed by atoms with Crippen LogP contribution in [0, 0.1) is 0 Å². The van der Waals surface area contributed by atoms with E-state index in [0.29, 0.717) is 17.3 Å². The SMILES string of the molecule is O=C(NCc1ccccc1)c1cc(Cl)nc2ccccc12. The van der Waals surface area contributed by atoms with Crippen LogP contribution in [0.25, 0.3) is 10.9 Å². The predicted octanol–water partition coefficient (Wildman–Crippen LogP) is 3.82. The molecule has 1 heterocycles. The second-order valence-corrected chi connectivity index (χ2v) is 5.07. The van der Waals surface area contributed by atoms with Crippen LogP contribution in [0.3, 0.4) is 0 Å². The molecule has 1 N–H and O–H groups in total. The first-order chi connectivity index (χ1) is 10.2. The van der Waals surface area contributed by atoms with Crippen LogP contribution in [-0.4, -0.2) is 10.9 Å². The molecule has 0 spiro atoms. The van der Waals surface area contributed by atoms with E-state index in [1.54, 1.807) is 6.07 Å². The molecule has 3 aromatic rings. The van der Waals surface area contributed by atoms with Gasteiger partial charge < -0.3 is 5.32 Å². The van der Waals surface area contributed by atoms with Gasteiger partial charge in [-0.15, -0.1) is 0 Å². The minimum Gasteiger partial charge on any atom is -0.348 e. The molecule has 0 saturated carbocycles. The first-order valence-corrected chi connectivity index (χ1v) is 6.99. The molecule has 0 bridgehead atoms. The van der Waals surface area contributed by atoms with E-state index in [0.717, 1.165) is 16.5 Å². The number of nitrogens with zero attached hydrogens (tertiary/aromatic N) is 1. The van der Waals surface area contributed by atoms with Gasteiger partial charge in [-0.2, -0.15) is 0 Å². The van der Waals surface area contributed by atoms with Gasteiger partial charge in [-0.25, -0.2) is 4.98 Å². The van der Waals surface area contributed by atoms with E-state index in [4.69, 9.17) is 11.6 Å². The van der Waals surface area contributed by atoms with Crippen molar-refractivity contribution in [3.8, 4) is 0 Å². The van der Waals surface area contributed by atoms with Crippen LogP contribution >= 0.6 is 11.6 Å². The van der Waals surface area contributed by atoms with Gasteiger partial charge in [0.2, 0.25) is 0 Å². The van der Waals surface area contributed by atoms with Gasteiger partial charge in [0.05, 0.1) is 11.1 Å². The van der Waals surface area contributed by atoms with Crippen LogP contribution in [0.4, 0.5) is 0 Å². The smallest absolute Gasteiger partial charge is 0.252 e. The van der Waals surface area contributed by atoms with Gasteiger partial charge in [-0.05, 0) is 17.7 Å². The van der Waals surface area contributed by atoms with Gasteiger partial charge in [0, 0.05) is 11.9 Å². The Bertz CT molecular complexity index is 787. The van der Waals surface area contributed by atoms with Crippen molar-refractivity contribution in [2.24, 2.45) is 0 Å². The van der Waals surface area contributed by atoms with Crippen LogP contribution in [-0.2, 0) is 6.54 Å². The summed E-state index contributed by atoms with van der Waals surface area (Å²) in [5.74, 6) is -0.153. The summed E-state index contributed by atoms with van der Waals surface area (Å²) >= 11 is 5.99. The number of hydrogen-bond donors (Lipinski definition) is 1. The molecule has 0 atom stereocenters. The molecule has 0 saturated heterocycles. The number of benzene rings is 2. The summed E-state index contributed by atoms with van der Waals surface area (Å²) in [6, 6.07) is 18.8. The van der Waals surface area contributed by atoms with E-state index in [2.05, 4.69) is 10.3 Å². The Hall–Kier alpha value is -2.39. The number of carbonyl (C=O) groups excluding carboxylic acids is 1. The molecule has 3 rings (SSSR count). The normalized spacial score (nSPS) is 10.5. The van der Waals surface area contributed by atoms with Crippen molar-refractivity contribution in [3.05, 3.63) is 76.9 Å². The van der Waals surface area contributed by atoms with E-state index in [-0.39, 0.29) is 5.91 Å². The number of fused-ring (bicyclic) bond motifs is 1. The summed E-state index contributed by atoms with van der Waals surface area (Å²) in [6.07, 6.45) is 0. The summed E-state index contributed by atoms with van der Waals surface area (Å²) < 4.78 is 0. The van der Waals surface area contributed by atoms with Crippen LogP contribution in [0.5, 0.6) is 0 Å². The van der Waals surface area contributed by atoms with E-state index < -0.39 is 0 Å². The fourth-order valence-corrected chi connectivity index (χ4v) is 2.40. The topological polar surface area (TPSA) is 42.0 Å². The minimum absolute atomic E-state index is 0.153. The summed E-state index contributed by atoms with van der Waals surface area (Å²) in [5, 5.41) is 4.03. The van der Waals surface area contributed by atoms with Crippen molar-refractivity contribution in [3.63, 3.8) is 0 Å². The van der Waals surface area contributed by atoms with E-state index in [1.807, 2.05) is 54.6 Å². The Morgan fingerprint density at radius 1 is 1.05 bits per heavy atom. The number of nitrogens with one attached hydrogen (secondary N) is 1. The fraction of sp³-hybridized carbons (Fsp3) is 0.0588. The van der Waals surface area contributed by atoms with Crippen molar-refractivity contribution >= 4 is 28.4 Å². The van der Waals surface area contributed by atoms with Crippen molar-refractivity contribution < 1.29 is 4.79 Å². The average molecular weight is 297 g/mol. The van der Waals surface area contributed by atoms with Crippen LogP contribution < -0.4 is 5.32 Å². The average Bonchev–Trinajstić information content (AvgIpc) is 2.52. The lowest BCUT2D eigenvalue weighted by molar-refractivity contribution is 0.0952. The Morgan fingerprint density at radius 2 is 1.76 bits per heavy atom. The first-order valence-electron chi connectivity index (χ1n) is 6.61. The van der Waals surface area contributed by atoms with Gasteiger partial charge in [0.25, 0.3) is 5.91 Å². The molecule has 1 amide bonds. The number of rotatable bonds is 3. The van der Waals surface area contributed by atoms with E-state index >= 15 is 0 Å². The number of pyridine rings is 1. The van der Waals surface area contributed by atoms with Crippen molar-refractivity contribution in [2.75, 3.05) is 0 Å². The second kappa shape index (κ2) is 5.94. The molecule has 0 unspecified atom stereocenters. The monoisotopic (exact) mass is 296 g/mol. The van der Waals surface area contributed by atoms with E-state index in [9.17, 15) is 4.79 Å². The molecule has 0 aliphatic heterocycles. The standard InChI is InChI=1S/C17H13ClN2O/c18-16-10-14(13-8-4-5-9-15(13)20-16)17(21)19-11-12-6-2-1-3-7-12/h1-10H,11H2,(H,19,21). The van der Waals surface area contributed by atoms with Crippen LogP contribution in [0.15, 0.2) is 60.7 Å². The molecule has 0 radical (unpaired) electrons. The Balaban J connectivity index is 1.88. The van der Waals surface area contributed by atoms with Crippen molar-refractivity contribution in [2.45, 2.75) is 6.54 Å². The van der Waals surface area contributed by atoms with Crippen LogP contribution in [0.2, 0.25) is 5.15 Å². The Labute approximate surface area is 127 Å². The highest BCUT2D eigenvalue weighted by Gasteiger charge is 2.11. The fourth-order valence-electron chi connectivity index (χ4n) is 2.20. The van der Waals surface area contributed by atoms with Gasteiger partial charge in [-0.1, -0.05) is 60.1 Å². The summed E-state index contributed by atoms with van der Waals surface area (Å²) in [7, 11) is 0. The third-order valence-corrected chi connectivity index (χ3v) is 3.42. The number of hydrogen-bond acceptors (Lipinski definition) is 2. The van der Waals surface area contributed by atoms with Crippen molar-refractivity contribution in [1.82, 2.24) is 10.3 Å².